The van der Waals surface area contributed by atoms with Gasteiger partial charge >= 0.3 is 5.69 Å². The van der Waals surface area contributed by atoms with Crippen LogP contribution in [0, 0.1) is 0 Å². The maximum atomic E-state index is 12.8. The standard InChI is InChI=1S/C23H43N3O4Si2/c1-13-16-14-26(21(27)25-19(16)24)20-18(30-32(11,12)23(6,7)8)17(15(2)28-20)29-31(9,10)22(3,4)5/h13-15,17-18,20H,1H2,2-12H3,(H2,24,25,27)/t15-,17-,18-,20-/m1/s1. The van der Waals surface area contributed by atoms with E-state index in [9.17, 15) is 4.79 Å². The van der Waals surface area contributed by atoms with Crippen molar-refractivity contribution in [3.63, 3.8) is 0 Å². The zero-order valence-electron chi connectivity index (χ0n) is 21.8. The number of nitrogen functional groups attached to an aromatic ring is 1. The van der Waals surface area contributed by atoms with Gasteiger partial charge in [-0.15, -0.1) is 0 Å². The number of hydrogen-bond acceptors (Lipinski definition) is 6. The maximum Gasteiger partial charge on any atom is 0.351 e. The summed E-state index contributed by atoms with van der Waals surface area (Å²) < 4.78 is 21.6. The fourth-order valence-electron chi connectivity index (χ4n) is 3.19. The SMILES string of the molecule is C=Cc1cn([C@@H]2O[C@H](C)[C@@H](O[Si](C)(C)C(C)(C)C)[C@H]2O[Si](C)(C)C(C)(C)C)c(=O)nc1N. The van der Waals surface area contributed by atoms with Gasteiger partial charge in [0.25, 0.3) is 0 Å². The third kappa shape index (κ3) is 5.27. The predicted molar refractivity (Wildman–Crippen MR) is 137 cm³/mol. The first-order chi connectivity index (χ1) is 14.3. The van der Waals surface area contributed by atoms with Gasteiger partial charge in [0.05, 0.1) is 6.10 Å². The van der Waals surface area contributed by atoms with Crippen molar-refractivity contribution in [3.05, 3.63) is 28.8 Å². The summed E-state index contributed by atoms with van der Waals surface area (Å²) in [5, 5.41) is 0.0173. The molecule has 0 spiro atoms. The van der Waals surface area contributed by atoms with E-state index in [1.165, 1.54) is 4.57 Å². The molecule has 2 heterocycles. The normalized spacial score (nSPS) is 25.2. The quantitative estimate of drug-likeness (QED) is 0.564. The van der Waals surface area contributed by atoms with Crippen LogP contribution in [0.15, 0.2) is 17.6 Å². The van der Waals surface area contributed by atoms with Crippen LogP contribution < -0.4 is 11.4 Å². The minimum Gasteiger partial charge on any atom is -0.409 e. The van der Waals surface area contributed by atoms with Crippen LogP contribution in [0.4, 0.5) is 5.82 Å². The topological polar surface area (TPSA) is 88.6 Å². The summed E-state index contributed by atoms with van der Waals surface area (Å²) in [4.78, 5) is 16.8. The highest BCUT2D eigenvalue weighted by Gasteiger charge is 2.53. The summed E-state index contributed by atoms with van der Waals surface area (Å²) >= 11 is 0. The van der Waals surface area contributed by atoms with Crippen molar-refractivity contribution >= 4 is 28.5 Å². The Morgan fingerprint density at radius 1 is 1.06 bits per heavy atom. The lowest BCUT2D eigenvalue weighted by molar-refractivity contribution is -0.0310. The van der Waals surface area contributed by atoms with Gasteiger partial charge in [-0.1, -0.05) is 54.2 Å². The average molecular weight is 482 g/mol. The van der Waals surface area contributed by atoms with Gasteiger partial charge < -0.3 is 19.3 Å². The van der Waals surface area contributed by atoms with Gasteiger partial charge in [-0.05, 0) is 43.2 Å². The van der Waals surface area contributed by atoms with E-state index < -0.39 is 34.7 Å². The number of nitrogens with two attached hydrogens (primary N) is 1. The van der Waals surface area contributed by atoms with E-state index in [4.69, 9.17) is 19.3 Å². The molecular weight excluding hydrogens is 438 g/mol. The van der Waals surface area contributed by atoms with Crippen molar-refractivity contribution in [3.8, 4) is 0 Å². The molecule has 0 bridgehead atoms. The molecule has 7 nitrogen and oxygen atoms in total. The van der Waals surface area contributed by atoms with Crippen molar-refractivity contribution in [1.29, 1.82) is 0 Å². The minimum atomic E-state index is -2.21. The molecule has 1 aromatic rings. The van der Waals surface area contributed by atoms with E-state index in [2.05, 4.69) is 79.3 Å². The molecule has 1 saturated heterocycles. The number of ether oxygens (including phenoxy) is 1. The monoisotopic (exact) mass is 481 g/mol. The summed E-state index contributed by atoms with van der Waals surface area (Å²) in [5.74, 6) is 0.156. The Labute approximate surface area is 195 Å². The number of aromatic nitrogens is 2. The molecule has 4 atom stereocenters. The molecule has 182 valence electrons. The van der Waals surface area contributed by atoms with Crippen LogP contribution in [0.5, 0.6) is 0 Å². The molecule has 32 heavy (non-hydrogen) atoms. The van der Waals surface area contributed by atoms with Crippen LogP contribution in [0.1, 0.15) is 60.3 Å². The number of nitrogens with zero attached hydrogens (tertiary/aromatic N) is 2. The van der Waals surface area contributed by atoms with Crippen molar-refractivity contribution in [2.24, 2.45) is 0 Å². The van der Waals surface area contributed by atoms with E-state index >= 15 is 0 Å². The number of hydrogen-bond donors (Lipinski definition) is 1. The Balaban J connectivity index is 2.59. The van der Waals surface area contributed by atoms with Gasteiger partial charge in [-0.25, -0.2) is 4.79 Å². The molecule has 1 fully saturated rings. The molecule has 0 aromatic carbocycles. The second-order valence-corrected chi connectivity index (χ2v) is 21.4. The van der Waals surface area contributed by atoms with Crippen molar-refractivity contribution in [1.82, 2.24) is 9.55 Å². The summed E-state index contributed by atoms with van der Waals surface area (Å²) in [6.07, 6.45) is 1.59. The van der Waals surface area contributed by atoms with Crippen LogP contribution in [0.2, 0.25) is 36.3 Å². The smallest absolute Gasteiger partial charge is 0.351 e. The van der Waals surface area contributed by atoms with E-state index in [-0.39, 0.29) is 28.1 Å². The number of rotatable bonds is 6. The largest absolute Gasteiger partial charge is 0.409 e. The van der Waals surface area contributed by atoms with Gasteiger partial charge in [0.1, 0.15) is 18.0 Å². The summed E-state index contributed by atoms with van der Waals surface area (Å²) in [5.41, 5.74) is 6.01. The first-order valence-electron chi connectivity index (χ1n) is 11.3. The van der Waals surface area contributed by atoms with Gasteiger partial charge in [0.15, 0.2) is 22.9 Å². The molecule has 9 heteroatoms. The van der Waals surface area contributed by atoms with Crippen LogP contribution in [0.25, 0.3) is 6.08 Å². The predicted octanol–water partition coefficient (Wildman–Crippen LogP) is 5.17. The average Bonchev–Trinajstić information content (AvgIpc) is 2.88. The molecule has 2 rings (SSSR count). The Kier molecular flexibility index (Phi) is 7.44. The zero-order chi connectivity index (χ0) is 24.9. The highest BCUT2D eigenvalue weighted by molar-refractivity contribution is 6.74. The Bertz CT molecular complexity index is 900. The third-order valence-electron chi connectivity index (χ3n) is 7.40. The lowest BCUT2D eigenvalue weighted by Gasteiger charge is -2.44. The molecule has 0 unspecified atom stereocenters. The first-order valence-corrected chi connectivity index (χ1v) is 17.2. The fourth-order valence-corrected chi connectivity index (χ4v) is 5.83. The Morgan fingerprint density at radius 2 is 1.53 bits per heavy atom. The van der Waals surface area contributed by atoms with Gasteiger partial charge in [0.2, 0.25) is 0 Å². The summed E-state index contributed by atoms with van der Waals surface area (Å²) in [6.45, 7) is 27.9. The van der Waals surface area contributed by atoms with Crippen molar-refractivity contribution < 1.29 is 13.6 Å². The number of anilines is 1. The lowest BCUT2D eigenvalue weighted by atomic mass is 10.1. The molecule has 0 amide bonds. The summed E-state index contributed by atoms with van der Waals surface area (Å²) in [6, 6.07) is 0. The molecule has 1 aliphatic rings. The fraction of sp³-hybridized carbons (Fsp3) is 0.739. The van der Waals surface area contributed by atoms with Crippen LogP contribution in [-0.4, -0.2) is 44.5 Å². The second-order valence-electron chi connectivity index (χ2n) is 11.9. The summed E-state index contributed by atoms with van der Waals surface area (Å²) in [7, 11) is -4.34. The van der Waals surface area contributed by atoms with Crippen LogP contribution in [0.3, 0.4) is 0 Å². The van der Waals surface area contributed by atoms with Gasteiger partial charge in [-0.3, -0.25) is 4.57 Å². The zero-order valence-corrected chi connectivity index (χ0v) is 23.8. The third-order valence-corrected chi connectivity index (χ3v) is 16.3. The van der Waals surface area contributed by atoms with Gasteiger partial charge in [0, 0.05) is 11.8 Å². The van der Waals surface area contributed by atoms with E-state index in [1.807, 2.05) is 6.92 Å². The van der Waals surface area contributed by atoms with Crippen LogP contribution in [-0.2, 0) is 13.6 Å². The Hall–Kier alpha value is -1.27. The molecule has 1 aliphatic heterocycles. The van der Waals surface area contributed by atoms with Crippen molar-refractivity contribution in [2.75, 3.05) is 5.73 Å². The van der Waals surface area contributed by atoms with Gasteiger partial charge in [-0.2, -0.15) is 4.98 Å². The molecular formula is C23H43N3O4Si2. The van der Waals surface area contributed by atoms with Crippen LogP contribution >= 0.6 is 0 Å². The molecule has 0 aliphatic carbocycles. The first kappa shape index (κ1) is 27.0. The Morgan fingerprint density at radius 3 is 1.97 bits per heavy atom. The molecule has 1 aromatic heterocycles. The molecule has 0 saturated carbocycles. The highest BCUT2D eigenvalue weighted by Crippen LogP contribution is 2.45. The van der Waals surface area contributed by atoms with E-state index in [0.717, 1.165) is 0 Å². The van der Waals surface area contributed by atoms with E-state index in [1.54, 1.807) is 12.3 Å². The molecule has 0 radical (unpaired) electrons. The second kappa shape index (κ2) is 8.83. The van der Waals surface area contributed by atoms with Crippen molar-refractivity contribution in [2.45, 2.75) is 109 Å². The maximum absolute atomic E-state index is 12.8. The highest BCUT2D eigenvalue weighted by atomic mass is 28.4. The minimum absolute atomic E-state index is 0.0124. The lowest BCUT2D eigenvalue weighted by Crippen LogP contribution is -2.53. The molecule has 2 N–H and O–H groups in total. The van der Waals surface area contributed by atoms with E-state index in [0.29, 0.717) is 5.56 Å².